The van der Waals surface area contributed by atoms with Gasteiger partial charge < -0.3 is 10.6 Å². The molecule has 0 saturated heterocycles. The number of rotatable bonds is 5. The molecule has 0 bridgehead atoms. The average Bonchev–Trinajstić information content (AvgIpc) is 2.55. The highest BCUT2D eigenvalue weighted by Crippen LogP contribution is 2.18. The molecule has 124 valence electrons. The summed E-state index contributed by atoms with van der Waals surface area (Å²) in [5.41, 5.74) is 3.18. The first-order chi connectivity index (χ1) is 11.5. The molecule has 2 rings (SSSR count). The van der Waals surface area contributed by atoms with Crippen LogP contribution >= 0.6 is 15.9 Å². The largest absolute Gasteiger partial charge is 0.347 e. The van der Waals surface area contributed by atoms with Crippen molar-refractivity contribution in [3.05, 3.63) is 75.4 Å². The topological polar surface area (TPSA) is 58.2 Å². The highest BCUT2D eigenvalue weighted by atomic mass is 79.9. The van der Waals surface area contributed by atoms with Crippen LogP contribution in [0.4, 0.5) is 0 Å². The van der Waals surface area contributed by atoms with Crippen LogP contribution in [-0.2, 0) is 16.1 Å². The lowest BCUT2D eigenvalue weighted by Gasteiger charge is -2.10. The molecule has 2 amide bonds. The maximum absolute atomic E-state index is 12.4. The number of nitrogens with one attached hydrogen (secondary N) is 2. The Morgan fingerprint density at radius 1 is 1.08 bits per heavy atom. The molecular formula is C19H19BrN2O2. The fourth-order valence-corrected chi connectivity index (χ4v) is 2.48. The summed E-state index contributed by atoms with van der Waals surface area (Å²) >= 11 is 3.43. The molecule has 0 aliphatic rings. The Balaban J connectivity index is 2.14. The molecule has 4 nitrogen and oxygen atoms in total. The Hall–Kier alpha value is -2.40. The van der Waals surface area contributed by atoms with E-state index in [2.05, 4.69) is 26.6 Å². The van der Waals surface area contributed by atoms with Gasteiger partial charge in [0.05, 0.1) is 0 Å². The normalized spacial score (nSPS) is 11.0. The van der Waals surface area contributed by atoms with E-state index >= 15 is 0 Å². The third-order valence-corrected chi connectivity index (χ3v) is 4.06. The van der Waals surface area contributed by atoms with E-state index in [1.165, 1.54) is 6.92 Å². The lowest BCUT2D eigenvalue weighted by Crippen LogP contribution is -2.33. The van der Waals surface area contributed by atoms with Crippen molar-refractivity contribution in [2.24, 2.45) is 0 Å². The van der Waals surface area contributed by atoms with Crippen LogP contribution in [-0.4, -0.2) is 11.8 Å². The van der Waals surface area contributed by atoms with Gasteiger partial charge in [-0.25, -0.2) is 0 Å². The molecular weight excluding hydrogens is 368 g/mol. The van der Waals surface area contributed by atoms with Gasteiger partial charge in [0.2, 0.25) is 5.91 Å². The zero-order chi connectivity index (χ0) is 17.5. The number of hydrogen-bond acceptors (Lipinski definition) is 2. The number of benzene rings is 2. The van der Waals surface area contributed by atoms with E-state index in [1.54, 1.807) is 6.08 Å². The zero-order valence-electron chi connectivity index (χ0n) is 13.6. The molecule has 0 radical (unpaired) electrons. The molecule has 24 heavy (non-hydrogen) atoms. The summed E-state index contributed by atoms with van der Waals surface area (Å²) in [6, 6.07) is 15.4. The molecule has 0 aliphatic heterocycles. The fourth-order valence-electron chi connectivity index (χ4n) is 2.08. The summed E-state index contributed by atoms with van der Waals surface area (Å²) < 4.78 is 0.846. The summed E-state index contributed by atoms with van der Waals surface area (Å²) in [5.74, 6) is -0.625. The summed E-state index contributed by atoms with van der Waals surface area (Å²) in [6.45, 7) is 3.78. The molecule has 0 spiro atoms. The van der Waals surface area contributed by atoms with E-state index in [0.717, 1.165) is 21.2 Å². The van der Waals surface area contributed by atoms with Gasteiger partial charge in [-0.1, -0.05) is 64.0 Å². The number of amides is 2. The second-order valence-electron chi connectivity index (χ2n) is 5.43. The Morgan fingerprint density at radius 3 is 2.38 bits per heavy atom. The zero-order valence-corrected chi connectivity index (χ0v) is 15.2. The molecule has 2 aromatic rings. The van der Waals surface area contributed by atoms with Crippen molar-refractivity contribution in [3.8, 4) is 0 Å². The smallest absolute Gasteiger partial charge is 0.268 e. The van der Waals surface area contributed by atoms with Crippen LogP contribution in [0.15, 0.2) is 58.7 Å². The van der Waals surface area contributed by atoms with Crippen LogP contribution in [0.2, 0.25) is 0 Å². The molecule has 0 aromatic heterocycles. The quantitative estimate of drug-likeness (QED) is 0.771. The van der Waals surface area contributed by atoms with Gasteiger partial charge in [0, 0.05) is 17.9 Å². The summed E-state index contributed by atoms with van der Waals surface area (Å²) in [4.78, 5) is 23.8. The van der Waals surface area contributed by atoms with Crippen molar-refractivity contribution < 1.29 is 9.59 Å². The van der Waals surface area contributed by atoms with Gasteiger partial charge in [-0.3, -0.25) is 9.59 Å². The first-order valence-electron chi connectivity index (χ1n) is 7.53. The molecule has 0 aliphatic carbocycles. The van der Waals surface area contributed by atoms with Crippen molar-refractivity contribution in [2.45, 2.75) is 20.4 Å². The molecule has 5 heteroatoms. The van der Waals surface area contributed by atoms with Gasteiger partial charge in [0.25, 0.3) is 5.91 Å². The van der Waals surface area contributed by atoms with Gasteiger partial charge in [0.1, 0.15) is 5.70 Å². The number of halogens is 1. The molecule has 0 fully saturated rings. The molecule has 0 unspecified atom stereocenters. The Kier molecular flexibility index (Phi) is 6.32. The van der Waals surface area contributed by atoms with Crippen LogP contribution in [0.25, 0.3) is 6.08 Å². The first kappa shape index (κ1) is 17.9. The highest BCUT2D eigenvalue weighted by Gasteiger charge is 2.11. The lowest BCUT2D eigenvalue weighted by molar-refractivity contribution is -0.122. The second kappa shape index (κ2) is 8.45. The highest BCUT2D eigenvalue weighted by molar-refractivity contribution is 9.10. The number of hydrogen-bond donors (Lipinski definition) is 2. The molecule has 0 saturated carbocycles. The van der Waals surface area contributed by atoms with Crippen LogP contribution in [0.5, 0.6) is 0 Å². The molecule has 2 aromatic carbocycles. The van der Waals surface area contributed by atoms with E-state index in [1.807, 2.05) is 55.5 Å². The maximum Gasteiger partial charge on any atom is 0.268 e. The monoisotopic (exact) mass is 386 g/mol. The third kappa shape index (κ3) is 5.35. The van der Waals surface area contributed by atoms with Gasteiger partial charge in [-0.05, 0) is 30.2 Å². The fraction of sp³-hybridized carbons (Fsp3) is 0.158. The van der Waals surface area contributed by atoms with Gasteiger partial charge in [-0.15, -0.1) is 0 Å². The number of carbonyl (C=O) groups is 2. The summed E-state index contributed by atoms with van der Waals surface area (Å²) in [5, 5.41) is 5.42. The minimum Gasteiger partial charge on any atom is -0.347 e. The van der Waals surface area contributed by atoms with Crippen LogP contribution in [0.1, 0.15) is 23.6 Å². The van der Waals surface area contributed by atoms with Crippen LogP contribution < -0.4 is 10.6 Å². The van der Waals surface area contributed by atoms with Crippen molar-refractivity contribution in [2.75, 3.05) is 0 Å². The SMILES string of the molecule is CC(=O)N/C(=C/c1ccccc1Br)C(=O)NCc1ccc(C)cc1. The number of aryl methyl sites for hydroxylation is 1. The van der Waals surface area contributed by atoms with E-state index in [4.69, 9.17) is 0 Å². The minimum atomic E-state index is -0.332. The predicted molar refractivity (Wildman–Crippen MR) is 99.0 cm³/mol. The van der Waals surface area contributed by atoms with E-state index < -0.39 is 0 Å². The molecule has 0 atom stereocenters. The van der Waals surface area contributed by atoms with Gasteiger partial charge >= 0.3 is 0 Å². The van der Waals surface area contributed by atoms with Gasteiger partial charge in [-0.2, -0.15) is 0 Å². The van der Waals surface area contributed by atoms with E-state index in [-0.39, 0.29) is 17.5 Å². The van der Waals surface area contributed by atoms with Crippen LogP contribution in [0.3, 0.4) is 0 Å². The maximum atomic E-state index is 12.4. The summed E-state index contributed by atoms with van der Waals surface area (Å²) in [7, 11) is 0. The van der Waals surface area contributed by atoms with Crippen molar-refractivity contribution in [1.82, 2.24) is 10.6 Å². The van der Waals surface area contributed by atoms with E-state index in [0.29, 0.717) is 6.54 Å². The number of carbonyl (C=O) groups excluding carboxylic acids is 2. The lowest BCUT2D eigenvalue weighted by atomic mass is 10.1. The van der Waals surface area contributed by atoms with Crippen molar-refractivity contribution >= 4 is 33.8 Å². The Bertz CT molecular complexity index is 767. The average molecular weight is 387 g/mol. The summed E-state index contributed by atoms with van der Waals surface area (Å²) in [6.07, 6.45) is 1.65. The third-order valence-electron chi connectivity index (χ3n) is 3.33. The van der Waals surface area contributed by atoms with Crippen LogP contribution in [0, 0.1) is 6.92 Å². The predicted octanol–water partition coefficient (Wildman–Crippen LogP) is 3.55. The first-order valence-corrected chi connectivity index (χ1v) is 8.32. The second-order valence-corrected chi connectivity index (χ2v) is 6.28. The Morgan fingerprint density at radius 2 is 1.75 bits per heavy atom. The molecule has 2 N–H and O–H groups in total. The Labute approximate surface area is 150 Å². The van der Waals surface area contributed by atoms with Crippen molar-refractivity contribution in [1.29, 1.82) is 0 Å². The molecule has 0 heterocycles. The van der Waals surface area contributed by atoms with E-state index in [9.17, 15) is 9.59 Å². The minimum absolute atomic E-state index is 0.210. The van der Waals surface area contributed by atoms with Crippen molar-refractivity contribution in [3.63, 3.8) is 0 Å². The van der Waals surface area contributed by atoms with Gasteiger partial charge in [0.15, 0.2) is 0 Å². The standard InChI is InChI=1S/C19H19BrN2O2/c1-13-7-9-15(10-8-13)12-21-19(24)18(22-14(2)23)11-16-5-3-4-6-17(16)20/h3-11H,12H2,1-2H3,(H,21,24)(H,22,23)/b18-11+.